The van der Waals surface area contributed by atoms with E-state index in [1.807, 2.05) is 43.3 Å². The highest BCUT2D eigenvalue weighted by molar-refractivity contribution is 6.31. The van der Waals surface area contributed by atoms with Crippen molar-refractivity contribution in [1.29, 1.82) is 0 Å². The summed E-state index contributed by atoms with van der Waals surface area (Å²) in [6, 6.07) is 18.9. The van der Waals surface area contributed by atoms with Gasteiger partial charge in [-0.3, -0.25) is 14.9 Å². The van der Waals surface area contributed by atoms with E-state index in [1.165, 1.54) is 12.1 Å². The zero-order chi connectivity index (χ0) is 19.4. The third-order valence-corrected chi connectivity index (χ3v) is 4.14. The van der Waals surface area contributed by atoms with Crippen LogP contribution in [-0.4, -0.2) is 10.8 Å². The molecule has 0 aliphatic heterocycles. The molecule has 0 aliphatic rings. The Morgan fingerprint density at radius 2 is 1.67 bits per heavy atom. The molecule has 0 atom stereocenters. The van der Waals surface area contributed by atoms with Crippen LogP contribution in [0.4, 0.5) is 22.7 Å². The van der Waals surface area contributed by atoms with Gasteiger partial charge in [-0.1, -0.05) is 41.4 Å². The molecule has 2 N–H and O–H groups in total. The summed E-state index contributed by atoms with van der Waals surface area (Å²) in [5.41, 5.74) is 2.77. The maximum atomic E-state index is 12.6. The first-order valence-electron chi connectivity index (χ1n) is 8.12. The van der Waals surface area contributed by atoms with Crippen LogP contribution in [0.25, 0.3) is 0 Å². The molecule has 1 amide bonds. The van der Waals surface area contributed by atoms with Crippen molar-refractivity contribution in [3.05, 3.63) is 93.0 Å². The summed E-state index contributed by atoms with van der Waals surface area (Å²) >= 11 is 5.81. The van der Waals surface area contributed by atoms with Crippen LogP contribution in [-0.2, 0) is 0 Å². The van der Waals surface area contributed by atoms with Crippen molar-refractivity contribution in [2.45, 2.75) is 6.92 Å². The average molecular weight is 382 g/mol. The number of carbonyl (C=O) groups excluding carboxylic acids is 1. The van der Waals surface area contributed by atoms with Crippen LogP contribution < -0.4 is 10.6 Å². The number of hydrogen-bond donors (Lipinski definition) is 2. The highest BCUT2D eigenvalue weighted by Gasteiger charge is 2.21. The molecular weight excluding hydrogens is 366 g/mol. The van der Waals surface area contributed by atoms with E-state index in [9.17, 15) is 14.9 Å². The number of rotatable bonds is 5. The predicted molar refractivity (Wildman–Crippen MR) is 107 cm³/mol. The van der Waals surface area contributed by atoms with Crippen molar-refractivity contribution in [3.63, 3.8) is 0 Å². The summed E-state index contributed by atoms with van der Waals surface area (Å²) in [5, 5.41) is 17.4. The Balaban J connectivity index is 1.87. The lowest BCUT2D eigenvalue weighted by Gasteiger charge is -2.13. The van der Waals surface area contributed by atoms with E-state index in [0.29, 0.717) is 11.4 Å². The van der Waals surface area contributed by atoms with Crippen molar-refractivity contribution in [2.75, 3.05) is 10.6 Å². The van der Waals surface area contributed by atoms with Gasteiger partial charge >= 0.3 is 0 Å². The summed E-state index contributed by atoms with van der Waals surface area (Å²) in [6.07, 6.45) is 0. The SMILES string of the molecule is Cc1ccc(Nc2ccccc2NC(=O)c2ccc(Cl)cc2[N+](=O)[O-])cc1. The minimum absolute atomic E-state index is 0.0606. The number of anilines is 3. The van der Waals surface area contributed by atoms with E-state index in [4.69, 9.17) is 11.6 Å². The van der Waals surface area contributed by atoms with Crippen LogP contribution >= 0.6 is 11.6 Å². The number of nitro benzene ring substituents is 1. The van der Waals surface area contributed by atoms with Gasteiger partial charge in [0.2, 0.25) is 0 Å². The molecule has 136 valence electrons. The number of halogens is 1. The highest BCUT2D eigenvalue weighted by Crippen LogP contribution is 2.28. The number of nitrogens with one attached hydrogen (secondary N) is 2. The molecule has 0 unspecified atom stereocenters. The maximum absolute atomic E-state index is 12.6. The number of nitro groups is 1. The average Bonchev–Trinajstić information content (AvgIpc) is 2.65. The first-order chi connectivity index (χ1) is 12.9. The Kier molecular flexibility index (Phi) is 5.38. The topological polar surface area (TPSA) is 84.3 Å². The normalized spacial score (nSPS) is 10.3. The zero-order valence-corrected chi connectivity index (χ0v) is 15.2. The summed E-state index contributed by atoms with van der Waals surface area (Å²) in [6.45, 7) is 2.00. The van der Waals surface area contributed by atoms with Crippen LogP contribution in [0.5, 0.6) is 0 Å². The smallest absolute Gasteiger partial charge is 0.283 e. The monoisotopic (exact) mass is 381 g/mol. The quantitative estimate of drug-likeness (QED) is 0.448. The van der Waals surface area contributed by atoms with Gasteiger partial charge in [-0.2, -0.15) is 0 Å². The summed E-state index contributed by atoms with van der Waals surface area (Å²) in [5.74, 6) is -0.587. The number of carbonyl (C=O) groups is 1. The maximum Gasteiger partial charge on any atom is 0.283 e. The Labute approximate surface area is 160 Å². The van der Waals surface area contributed by atoms with Crippen LogP contribution in [0.3, 0.4) is 0 Å². The first-order valence-corrected chi connectivity index (χ1v) is 8.50. The van der Waals surface area contributed by atoms with Crippen LogP contribution in [0.2, 0.25) is 5.02 Å². The van der Waals surface area contributed by atoms with Gasteiger partial charge in [0.05, 0.1) is 16.3 Å². The number of amides is 1. The molecule has 0 bridgehead atoms. The summed E-state index contributed by atoms with van der Waals surface area (Å²) < 4.78 is 0. The standard InChI is InChI=1S/C20H16ClN3O3/c1-13-6-9-15(10-7-13)22-17-4-2-3-5-18(17)23-20(25)16-11-8-14(21)12-19(16)24(26)27/h2-12,22H,1H3,(H,23,25). The molecule has 0 saturated heterocycles. The third kappa shape index (κ3) is 4.43. The van der Waals surface area contributed by atoms with Gasteiger partial charge < -0.3 is 10.6 Å². The summed E-state index contributed by atoms with van der Waals surface area (Å²) in [4.78, 5) is 23.2. The molecule has 0 fully saturated rings. The zero-order valence-electron chi connectivity index (χ0n) is 14.4. The third-order valence-electron chi connectivity index (χ3n) is 3.91. The number of para-hydroxylation sites is 2. The second kappa shape index (κ2) is 7.88. The molecule has 3 rings (SSSR count). The van der Waals surface area contributed by atoms with Crippen molar-refractivity contribution < 1.29 is 9.72 Å². The van der Waals surface area contributed by atoms with E-state index in [-0.39, 0.29) is 16.3 Å². The number of benzene rings is 3. The van der Waals surface area contributed by atoms with Gasteiger partial charge in [-0.05, 0) is 43.3 Å². The number of hydrogen-bond acceptors (Lipinski definition) is 4. The van der Waals surface area contributed by atoms with E-state index in [2.05, 4.69) is 10.6 Å². The fourth-order valence-corrected chi connectivity index (χ4v) is 2.70. The molecular formula is C20H16ClN3O3. The second-order valence-corrected chi connectivity index (χ2v) is 6.35. The van der Waals surface area contributed by atoms with E-state index in [0.717, 1.165) is 17.3 Å². The van der Waals surface area contributed by atoms with E-state index >= 15 is 0 Å². The van der Waals surface area contributed by atoms with E-state index in [1.54, 1.807) is 12.1 Å². The molecule has 0 heterocycles. The van der Waals surface area contributed by atoms with Gasteiger partial charge in [0.15, 0.2) is 0 Å². The van der Waals surface area contributed by atoms with Crippen molar-refractivity contribution in [3.8, 4) is 0 Å². The molecule has 27 heavy (non-hydrogen) atoms. The Morgan fingerprint density at radius 1 is 1.00 bits per heavy atom. The van der Waals surface area contributed by atoms with Gasteiger partial charge in [-0.25, -0.2) is 0 Å². The lowest BCUT2D eigenvalue weighted by molar-refractivity contribution is -0.385. The molecule has 3 aromatic rings. The molecule has 0 radical (unpaired) electrons. The predicted octanol–water partition coefficient (Wildman–Crippen LogP) is 5.55. The lowest BCUT2D eigenvalue weighted by Crippen LogP contribution is -2.15. The first kappa shape index (κ1) is 18.4. The Morgan fingerprint density at radius 3 is 2.33 bits per heavy atom. The van der Waals surface area contributed by atoms with Gasteiger partial charge in [0, 0.05) is 16.8 Å². The van der Waals surface area contributed by atoms with Crippen molar-refractivity contribution in [2.24, 2.45) is 0 Å². The summed E-state index contributed by atoms with van der Waals surface area (Å²) in [7, 11) is 0. The minimum atomic E-state index is -0.628. The highest BCUT2D eigenvalue weighted by atomic mass is 35.5. The fraction of sp³-hybridized carbons (Fsp3) is 0.0500. The minimum Gasteiger partial charge on any atom is -0.354 e. The number of nitrogens with zero attached hydrogens (tertiary/aromatic N) is 1. The fourth-order valence-electron chi connectivity index (χ4n) is 2.53. The van der Waals surface area contributed by atoms with Crippen LogP contribution in [0, 0.1) is 17.0 Å². The molecule has 0 saturated carbocycles. The molecule has 7 heteroatoms. The molecule has 3 aromatic carbocycles. The molecule has 0 aliphatic carbocycles. The van der Waals surface area contributed by atoms with Crippen LogP contribution in [0.1, 0.15) is 15.9 Å². The van der Waals surface area contributed by atoms with Crippen molar-refractivity contribution >= 4 is 40.3 Å². The Hall–Kier alpha value is -3.38. The van der Waals surface area contributed by atoms with Crippen molar-refractivity contribution in [1.82, 2.24) is 0 Å². The molecule has 0 aromatic heterocycles. The van der Waals surface area contributed by atoms with Gasteiger partial charge in [0.25, 0.3) is 11.6 Å². The lowest BCUT2D eigenvalue weighted by atomic mass is 10.1. The van der Waals surface area contributed by atoms with E-state index < -0.39 is 10.8 Å². The number of aryl methyl sites for hydroxylation is 1. The molecule has 6 nitrogen and oxygen atoms in total. The van der Waals surface area contributed by atoms with Gasteiger partial charge in [0.1, 0.15) is 5.56 Å². The van der Waals surface area contributed by atoms with Gasteiger partial charge in [-0.15, -0.1) is 0 Å². The second-order valence-electron chi connectivity index (χ2n) is 5.91. The van der Waals surface area contributed by atoms with Crippen LogP contribution in [0.15, 0.2) is 66.7 Å². The molecule has 0 spiro atoms. The largest absolute Gasteiger partial charge is 0.354 e. The Bertz CT molecular complexity index is 1000.